The summed E-state index contributed by atoms with van der Waals surface area (Å²) in [6.07, 6.45) is 5.35. The Morgan fingerprint density at radius 2 is 2.33 bits per heavy atom. The molecule has 114 valence electrons. The van der Waals surface area contributed by atoms with E-state index in [0.29, 0.717) is 6.42 Å². The highest BCUT2D eigenvalue weighted by Crippen LogP contribution is 2.31. The largest absolute Gasteiger partial charge is 0.376 e. The average molecular weight is 288 g/mol. The molecule has 0 spiro atoms. The maximum absolute atomic E-state index is 11.5. The normalized spacial score (nSPS) is 22.7. The molecule has 2 unspecified atom stereocenters. The molecule has 0 radical (unpaired) electrons. The lowest BCUT2D eigenvalue weighted by Gasteiger charge is -2.32. The predicted octanol–water partition coefficient (Wildman–Crippen LogP) is 2.79. The summed E-state index contributed by atoms with van der Waals surface area (Å²) >= 11 is 0. The van der Waals surface area contributed by atoms with Crippen LogP contribution in [0.2, 0.25) is 0 Å². The van der Waals surface area contributed by atoms with Crippen LogP contribution in [0.1, 0.15) is 49.8 Å². The van der Waals surface area contributed by atoms with Crippen LogP contribution in [0.3, 0.4) is 0 Å². The van der Waals surface area contributed by atoms with Crippen LogP contribution in [0.5, 0.6) is 0 Å². The fraction of sp³-hybridized carbons (Fsp3) is 0.588. The first kappa shape index (κ1) is 14.5. The van der Waals surface area contributed by atoms with Crippen LogP contribution in [0, 0.1) is 0 Å². The molecule has 2 N–H and O–H groups in total. The number of anilines is 1. The number of ether oxygens (including phenoxy) is 1. The van der Waals surface area contributed by atoms with E-state index in [1.54, 1.807) is 0 Å². The van der Waals surface area contributed by atoms with Gasteiger partial charge in [-0.05, 0) is 49.4 Å². The van der Waals surface area contributed by atoms with Crippen LogP contribution in [-0.2, 0) is 16.0 Å². The molecule has 1 saturated heterocycles. The number of carbonyl (C=O) groups excluding carboxylic acids is 1. The molecule has 0 bridgehead atoms. The van der Waals surface area contributed by atoms with Crippen LogP contribution in [0.25, 0.3) is 0 Å². The molecule has 1 aromatic carbocycles. The van der Waals surface area contributed by atoms with Gasteiger partial charge in [-0.25, -0.2) is 0 Å². The lowest BCUT2D eigenvalue weighted by molar-refractivity contribution is -0.115. The van der Waals surface area contributed by atoms with Crippen molar-refractivity contribution < 1.29 is 9.53 Å². The van der Waals surface area contributed by atoms with Gasteiger partial charge in [0.25, 0.3) is 0 Å². The third kappa shape index (κ3) is 3.27. The number of amides is 1. The monoisotopic (exact) mass is 288 g/mol. The van der Waals surface area contributed by atoms with Crippen molar-refractivity contribution in [1.82, 2.24) is 5.32 Å². The lowest BCUT2D eigenvalue weighted by Crippen LogP contribution is -2.36. The summed E-state index contributed by atoms with van der Waals surface area (Å²) in [6.45, 7) is 4.02. The molecular formula is C17H24N2O2. The second-order valence-electron chi connectivity index (χ2n) is 5.98. The van der Waals surface area contributed by atoms with Crippen LogP contribution >= 0.6 is 0 Å². The molecule has 2 aliphatic heterocycles. The highest BCUT2D eigenvalue weighted by Gasteiger charge is 2.27. The van der Waals surface area contributed by atoms with Gasteiger partial charge in [0, 0.05) is 12.3 Å². The van der Waals surface area contributed by atoms with Crippen molar-refractivity contribution in [3.05, 3.63) is 29.3 Å². The Kier molecular flexibility index (Phi) is 4.56. The van der Waals surface area contributed by atoms with Gasteiger partial charge in [-0.2, -0.15) is 0 Å². The summed E-state index contributed by atoms with van der Waals surface area (Å²) in [4.78, 5) is 11.5. The summed E-state index contributed by atoms with van der Waals surface area (Å²) < 4.78 is 5.99. The van der Waals surface area contributed by atoms with Crippen molar-refractivity contribution >= 4 is 11.6 Å². The second kappa shape index (κ2) is 6.58. The van der Waals surface area contributed by atoms with E-state index in [1.165, 1.54) is 18.4 Å². The Morgan fingerprint density at radius 1 is 1.43 bits per heavy atom. The Balaban J connectivity index is 1.82. The lowest BCUT2D eigenvalue weighted by atomic mass is 9.94. The standard InChI is InChI=1S/C17H24N2O2/c1-2-8-18-17(15-5-3-4-9-21-15)12-6-7-14-13(10-12)11-16(20)19-14/h6-7,10,15,17-18H,2-5,8-9,11H2,1H3,(H,19,20). The first-order valence-electron chi connectivity index (χ1n) is 8.05. The molecule has 3 rings (SSSR count). The molecule has 0 aromatic heterocycles. The van der Waals surface area contributed by atoms with Crippen molar-refractivity contribution in [2.24, 2.45) is 0 Å². The molecule has 0 aliphatic carbocycles. The maximum Gasteiger partial charge on any atom is 0.228 e. The van der Waals surface area contributed by atoms with E-state index >= 15 is 0 Å². The summed E-state index contributed by atoms with van der Waals surface area (Å²) in [5, 5.41) is 6.52. The number of nitrogens with one attached hydrogen (secondary N) is 2. The number of benzene rings is 1. The van der Waals surface area contributed by atoms with Gasteiger partial charge in [-0.1, -0.05) is 19.1 Å². The minimum absolute atomic E-state index is 0.0918. The molecule has 4 heteroatoms. The summed E-state index contributed by atoms with van der Waals surface area (Å²) in [5.74, 6) is 0.0918. The quantitative estimate of drug-likeness (QED) is 0.876. The molecule has 1 amide bonds. The van der Waals surface area contributed by atoms with Crippen LogP contribution in [0.15, 0.2) is 18.2 Å². The van der Waals surface area contributed by atoms with Crippen LogP contribution in [0.4, 0.5) is 5.69 Å². The Morgan fingerprint density at radius 3 is 3.10 bits per heavy atom. The zero-order valence-corrected chi connectivity index (χ0v) is 12.7. The highest BCUT2D eigenvalue weighted by molar-refractivity contribution is 5.99. The topological polar surface area (TPSA) is 50.4 Å². The molecule has 2 heterocycles. The van der Waals surface area contributed by atoms with E-state index in [1.807, 2.05) is 6.07 Å². The molecular weight excluding hydrogens is 264 g/mol. The minimum Gasteiger partial charge on any atom is -0.376 e. The van der Waals surface area contributed by atoms with Crippen molar-refractivity contribution in [2.75, 3.05) is 18.5 Å². The predicted molar refractivity (Wildman–Crippen MR) is 83.4 cm³/mol. The van der Waals surface area contributed by atoms with Gasteiger partial charge in [0.2, 0.25) is 5.91 Å². The average Bonchev–Trinajstić information content (AvgIpc) is 2.88. The summed E-state index contributed by atoms with van der Waals surface area (Å²) in [7, 11) is 0. The summed E-state index contributed by atoms with van der Waals surface area (Å²) in [5.41, 5.74) is 3.31. The SMILES string of the molecule is CCCNC(c1ccc2c(c1)CC(=O)N2)C1CCCCO1. The Hall–Kier alpha value is -1.39. The third-order valence-electron chi connectivity index (χ3n) is 4.31. The third-order valence-corrected chi connectivity index (χ3v) is 4.31. The van der Waals surface area contributed by atoms with Crippen molar-refractivity contribution in [3.63, 3.8) is 0 Å². The van der Waals surface area contributed by atoms with E-state index in [9.17, 15) is 4.79 Å². The van der Waals surface area contributed by atoms with Gasteiger partial charge in [0.05, 0.1) is 18.6 Å². The molecule has 2 atom stereocenters. The fourth-order valence-electron chi connectivity index (χ4n) is 3.23. The Labute approximate surface area is 126 Å². The zero-order valence-electron chi connectivity index (χ0n) is 12.7. The molecule has 0 saturated carbocycles. The fourth-order valence-corrected chi connectivity index (χ4v) is 3.23. The van der Waals surface area contributed by atoms with Crippen molar-refractivity contribution in [1.29, 1.82) is 0 Å². The van der Waals surface area contributed by atoms with Gasteiger partial charge in [-0.3, -0.25) is 4.79 Å². The molecule has 1 aromatic rings. The summed E-state index contributed by atoms with van der Waals surface area (Å²) in [6, 6.07) is 6.54. The number of hydrogen-bond donors (Lipinski definition) is 2. The highest BCUT2D eigenvalue weighted by atomic mass is 16.5. The minimum atomic E-state index is 0.0918. The molecule has 4 nitrogen and oxygen atoms in total. The number of rotatable bonds is 5. The first-order chi connectivity index (χ1) is 10.3. The smallest absolute Gasteiger partial charge is 0.228 e. The second-order valence-corrected chi connectivity index (χ2v) is 5.98. The number of hydrogen-bond acceptors (Lipinski definition) is 3. The van der Waals surface area contributed by atoms with Gasteiger partial charge < -0.3 is 15.4 Å². The number of fused-ring (bicyclic) bond motifs is 1. The Bertz CT molecular complexity index is 510. The van der Waals surface area contributed by atoms with E-state index in [0.717, 1.165) is 37.2 Å². The maximum atomic E-state index is 11.5. The van der Waals surface area contributed by atoms with Gasteiger partial charge in [0.15, 0.2) is 0 Å². The van der Waals surface area contributed by atoms with Crippen LogP contribution < -0.4 is 10.6 Å². The number of carbonyl (C=O) groups is 1. The van der Waals surface area contributed by atoms with E-state index in [2.05, 4.69) is 29.7 Å². The molecule has 2 aliphatic rings. The first-order valence-corrected chi connectivity index (χ1v) is 8.05. The van der Waals surface area contributed by atoms with E-state index in [-0.39, 0.29) is 18.1 Å². The molecule has 21 heavy (non-hydrogen) atoms. The van der Waals surface area contributed by atoms with Gasteiger partial charge in [-0.15, -0.1) is 0 Å². The van der Waals surface area contributed by atoms with E-state index in [4.69, 9.17) is 4.74 Å². The van der Waals surface area contributed by atoms with E-state index < -0.39 is 0 Å². The van der Waals surface area contributed by atoms with Crippen molar-refractivity contribution in [2.45, 2.75) is 51.2 Å². The zero-order chi connectivity index (χ0) is 14.7. The van der Waals surface area contributed by atoms with Gasteiger partial charge >= 0.3 is 0 Å². The molecule has 1 fully saturated rings. The van der Waals surface area contributed by atoms with Crippen LogP contribution in [-0.4, -0.2) is 25.2 Å². The van der Waals surface area contributed by atoms with Gasteiger partial charge in [0.1, 0.15) is 0 Å². The van der Waals surface area contributed by atoms with Crippen molar-refractivity contribution in [3.8, 4) is 0 Å².